The highest BCUT2D eigenvalue weighted by atomic mass is 16.4. The van der Waals surface area contributed by atoms with Crippen LogP contribution in [0.3, 0.4) is 0 Å². The van der Waals surface area contributed by atoms with Gasteiger partial charge in [-0.15, -0.1) is 0 Å². The van der Waals surface area contributed by atoms with Gasteiger partial charge < -0.3 is 20.1 Å². The summed E-state index contributed by atoms with van der Waals surface area (Å²) in [6, 6.07) is 0. The topological polar surface area (TPSA) is 97.7 Å². The molecule has 6 nitrogen and oxygen atoms in total. The van der Waals surface area contributed by atoms with E-state index in [0.29, 0.717) is 0 Å². The molecular formula is C11H19NO5. The van der Waals surface area contributed by atoms with Gasteiger partial charge in [0.1, 0.15) is 12.6 Å². The van der Waals surface area contributed by atoms with Crippen LogP contribution in [0.1, 0.15) is 34.1 Å². The van der Waals surface area contributed by atoms with Gasteiger partial charge in [0.05, 0.1) is 5.54 Å². The molecule has 1 amide bonds. The molecule has 1 saturated heterocycles. The van der Waals surface area contributed by atoms with Gasteiger partial charge in [-0.2, -0.15) is 0 Å². The summed E-state index contributed by atoms with van der Waals surface area (Å²) in [5, 5.41) is 30.5. The number of nitrogens with zero attached hydrogens (tertiary/aromatic N) is 1. The molecule has 0 aliphatic carbocycles. The fourth-order valence-electron chi connectivity index (χ4n) is 3.01. The Labute approximate surface area is 100 Å². The zero-order valence-corrected chi connectivity index (χ0v) is 10.6. The summed E-state index contributed by atoms with van der Waals surface area (Å²) >= 11 is 0. The molecule has 0 spiro atoms. The Morgan fingerprint density at radius 2 is 1.88 bits per heavy atom. The molecule has 1 aliphatic rings. The van der Waals surface area contributed by atoms with Crippen molar-refractivity contribution in [3.63, 3.8) is 0 Å². The molecule has 98 valence electrons. The highest BCUT2D eigenvalue weighted by molar-refractivity contribution is 5.80. The van der Waals surface area contributed by atoms with Gasteiger partial charge in [0.2, 0.25) is 5.54 Å². The molecule has 1 heterocycles. The SMILES string of the molecule is CC(C)(C)[N+]1(C(=O)[O-])C[C@@H](O)C[C@]1(C)C(=O)O. The minimum atomic E-state index is -1.57. The number of carbonyl (C=O) groups is 2. The monoisotopic (exact) mass is 245 g/mol. The van der Waals surface area contributed by atoms with Crippen molar-refractivity contribution in [2.24, 2.45) is 0 Å². The molecule has 0 bridgehead atoms. The Bertz CT molecular complexity index is 361. The maximum Gasteiger partial charge on any atom is 0.366 e. The first-order valence-corrected chi connectivity index (χ1v) is 5.50. The Morgan fingerprint density at radius 1 is 1.41 bits per heavy atom. The van der Waals surface area contributed by atoms with Gasteiger partial charge in [0.15, 0.2) is 0 Å². The number of aliphatic hydroxyl groups is 1. The van der Waals surface area contributed by atoms with Crippen molar-refractivity contribution in [1.29, 1.82) is 0 Å². The smallest absolute Gasteiger partial charge is 0.366 e. The van der Waals surface area contributed by atoms with Gasteiger partial charge in [-0.05, 0) is 20.8 Å². The van der Waals surface area contributed by atoms with E-state index >= 15 is 0 Å². The number of hydrogen-bond acceptors (Lipinski definition) is 4. The van der Waals surface area contributed by atoms with Gasteiger partial charge in [0, 0.05) is 13.3 Å². The highest BCUT2D eigenvalue weighted by Gasteiger charge is 2.66. The third-order valence-electron chi connectivity index (χ3n) is 3.88. The molecule has 1 unspecified atom stereocenters. The summed E-state index contributed by atoms with van der Waals surface area (Å²) in [6.45, 7) is 6.13. The Balaban J connectivity index is 3.49. The third kappa shape index (κ3) is 1.63. The summed E-state index contributed by atoms with van der Waals surface area (Å²) in [6.07, 6.45) is -2.50. The molecule has 0 aromatic heterocycles. The van der Waals surface area contributed by atoms with Crippen LogP contribution in [0.4, 0.5) is 4.79 Å². The van der Waals surface area contributed by atoms with Crippen molar-refractivity contribution in [2.45, 2.75) is 51.3 Å². The van der Waals surface area contributed by atoms with Crippen LogP contribution in [0, 0.1) is 0 Å². The van der Waals surface area contributed by atoms with E-state index in [1.807, 2.05) is 0 Å². The van der Waals surface area contributed by atoms with Crippen LogP contribution in [-0.2, 0) is 4.79 Å². The summed E-state index contributed by atoms with van der Waals surface area (Å²) < 4.78 is -0.767. The highest BCUT2D eigenvalue weighted by Crippen LogP contribution is 2.44. The Morgan fingerprint density at radius 3 is 2.12 bits per heavy atom. The number of rotatable bonds is 1. The second-order valence-corrected chi connectivity index (χ2v) is 5.87. The predicted octanol–water partition coefficient (Wildman–Crippen LogP) is -0.447. The lowest BCUT2D eigenvalue weighted by Crippen LogP contribution is -2.76. The second-order valence-electron chi connectivity index (χ2n) is 5.87. The molecule has 2 N–H and O–H groups in total. The van der Waals surface area contributed by atoms with Crippen molar-refractivity contribution in [1.82, 2.24) is 0 Å². The van der Waals surface area contributed by atoms with Crippen LogP contribution in [0.2, 0.25) is 0 Å². The molecule has 1 rings (SSSR count). The third-order valence-corrected chi connectivity index (χ3v) is 3.88. The van der Waals surface area contributed by atoms with E-state index in [1.54, 1.807) is 20.8 Å². The first kappa shape index (κ1) is 13.9. The number of carbonyl (C=O) groups excluding carboxylic acids is 1. The number of carboxylic acids is 1. The molecule has 0 radical (unpaired) electrons. The summed E-state index contributed by atoms with van der Waals surface area (Å²) in [4.78, 5) is 22.9. The first-order valence-electron chi connectivity index (χ1n) is 5.50. The van der Waals surface area contributed by atoms with E-state index < -0.39 is 33.7 Å². The fourth-order valence-corrected chi connectivity index (χ4v) is 3.01. The van der Waals surface area contributed by atoms with Gasteiger partial charge in [-0.1, -0.05) is 0 Å². The molecular weight excluding hydrogens is 226 g/mol. The lowest BCUT2D eigenvalue weighted by atomic mass is 9.90. The maximum atomic E-state index is 11.5. The van der Waals surface area contributed by atoms with E-state index in [2.05, 4.69) is 0 Å². The number of likely N-dealkylation sites (tertiary alicyclic amines) is 1. The number of aliphatic carboxylic acids is 1. The molecule has 0 aromatic carbocycles. The summed E-state index contributed by atoms with van der Waals surface area (Å²) in [5.74, 6) is -1.23. The minimum absolute atomic E-state index is 0.0897. The second kappa shape index (κ2) is 3.68. The van der Waals surface area contributed by atoms with Crippen molar-refractivity contribution in [3.05, 3.63) is 0 Å². The lowest BCUT2D eigenvalue weighted by Gasteiger charge is -2.52. The van der Waals surface area contributed by atoms with Crippen LogP contribution >= 0.6 is 0 Å². The van der Waals surface area contributed by atoms with Crippen molar-refractivity contribution < 1.29 is 29.4 Å². The zero-order chi connectivity index (χ0) is 13.6. The van der Waals surface area contributed by atoms with Gasteiger partial charge >= 0.3 is 5.97 Å². The van der Waals surface area contributed by atoms with E-state index in [9.17, 15) is 24.9 Å². The molecule has 3 atom stereocenters. The van der Waals surface area contributed by atoms with Gasteiger partial charge in [-0.3, -0.25) is 4.48 Å². The Hall–Kier alpha value is -1.14. The van der Waals surface area contributed by atoms with E-state index in [1.165, 1.54) is 6.92 Å². The number of hydrogen-bond donors (Lipinski definition) is 2. The van der Waals surface area contributed by atoms with Crippen LogP contribution in [0.5, 0.6) is 0 Å². The number of aliphatic hydroxyl groups excluding tert-OH is 1. The minimum Gasteiger partial charge on any atom is -0.498 e. The van der Waals surface area contributed by atoms with Crippen LogP contribution in [0.25, 0.3) is 0 Å². The van der Waals surface area contributed by atoms with Crippen LogP contribution in [-0.4, -0.2) is 50.5 Å². The number of amides is 1. The average molecular weight is 245 g/mol. The first-order chi connectivity index (χ1) is 7.49. The van der Waals surface area contributed by atoms with E-state index in [-0.39, 0.29) is 13.0 Å². The molecule has 6 heteroatoms. The fraction of sp³-hybridized carbons (Fsp3) is 0.818. The molecule has 0 aromatic rings. The normalized spacial score (nSPS) is 38.1. The van der Waals surface area contributed by atoms with Crippen molar-refractivity contribution >= 4 is 12.1 Å². The largest absolute Gasteiger partial charge is 0.498 e. The lowest BCUT2D eigenvalue weighted by molar-refractivity contribution is -0.944. The molecule has 0 saturated carbocycles. The number of quaternary nitrogens is 1. The van der Waals surface area contributed by atoms with Gasteiger partial charge in [0.25, 0.3) is 6.09 Å². The summed E-state index contributed by atoms with van der Waals surface area (Å²) in [5.41, 5.74) is -2.44. The Kier molecular flexibility index (Phi) is 3.01. The van der Waals surface area contributed by atoms with E-state index in [4.69, 9.17) is 0 Å². The van der Waals surface area contributed by atoms with Crippen molar-refractivity contribution in [3.8, 4) is 0 Å². The van der Waals surface area contributed by atoms with Gasteiger partial charge in [-0.25, -0.2) is 4.79 Å². The zero-order valence-electron chi connectivity index (χ0n) is 10.6. The van der Waals surface area contributed by atoms with Crippen LogP contribution < -0.4 is 5.11 Å². The maximum absolute atomic E-state index is 11.5. The molecule has 17 heavy (non-hydrogen) atoms. The number of carboxylic acid groups (broad SMARTS) is 2. The standard InChI is InChI=1S/C11H19NO5/c1-10(2,3)12(9(16)17)6-7(13)5-11(12,4)8(14)15/h7,13H,5-6H2,1-4H3,(H-,14,15,16,17)/t7-,11+,12?/m0/s1. The summed E-state index contributed by atoms with van der Waals surface area (Å²) in [7, 11) is 0. The van der Waals surface area contributed by atoms with Crippen molar-refractivity contribution in [2.75, 3.05) is 6.54 Å². The average Bonchev–Trinajstić information content (AvgIpc) is 2.38. The van der Waals surface area contributed by atoms with E-state index in [0.717, 1.165) is 0 Å². The van der Waals surface area contributed by atoms with Crippen LogP contribution in [0.15, 0.2) is 0 Å². The molecule has 1 fully saturated rings. The molecule has 1 aliphatic heterocycles. The quantitative estimate of drug-likeness (QED) is 0.610. The predicted molar refractivity (Wildman–Crippen MR) is 56.9 cm³/mol.